The lowest BCUT2D eigenvalue weighted by atomic mass is 10.2. The first-order chi connectivity index (χ1) is 10.1. The number of anilines is 1. The predicted molar refractivity (Wildman–Crippen MR) is 95.0 cm³/mol. The van der Waals surface area contributed by atoms with E-state index in [4.69, 9.17) is 23.8 Å². The van der Waals surface area contributed by atoms with Crippen LogP contribution in [0.4, 0.5) is 5.82 Å². The number of nitrogens with zero attached hydrogens (tertiary/aromatic N) is 2. The van der Waals surface area contributed by atoms with E-state index in [2.05, 4.69) is 38.6 Å². The van der Waals surface area contributed by atoms with Gasteiger partial charge in [-0.3, -0.25) is 4.68 Å². The standard InChI is InChI=1S/C14H16BrClN4S/c1-2-7-17-14(21)18-13-12(15)9-20(19-13)8-10-3-5-11(16)6-4-10/h3-6,9H,2,7-8H2,1H3,(H2,17,18,19,21). The Labute approximate surface area is 143 Å². The van der Waals surface area contributed by atoms with Gasteiger partial charge in [0, 0.05) is 17.8 Å². The lowest BCUT2D eigenvalue weighted by molar-refractivity contribution is 0.689. The lowest BCUT2D eigenvalue weighted by Gasteiger charge is -2.07. The molecule has 0 fully saturated rings. The number of hydrogen-bond acceptors (Lipinski definition) is 2. The van der Waals surface area contributed by atoms with Crippen LogP contribution in [0.25, 0.3) is 0 Å². The SMILES string of the molecule is CCCNC(=S)Nc1nn(Cc2ccc(Cl)cc2)cc1Br. The fraction of sp³-hybridized carbons (Fsp3) is 0.286. The van der Waals surface area contributed by atoms with Gasteiger partial charge in [0.15, 0.2) is 10.9 Å². The van der Waals surface area contributed by atoms with E-state index in [1.54, 1.807) is 0 Å². The minimum atomic E-state index is 0.578. The summed E-state index contributed by atoms with van der Waals surface area (Å²) >= 11 is 14.6. The van der Waals surface area contributed by atoms with E-state index in [9.17, 15) is 0 Å². The molecular weight excluding hydrogens is 372 g/mol. The average molecular weight is 388 g/mol. The van der Waals surface area contributed by atoms with Crippen molar-refractivity contribution in [2.24, 2.45) is 0 Å². The summed E-state index contributed by atoms with van der Waals surface area (Å²) in [6.07, 6.45) is 2.94. The van der Waals surface area contributed by atoms with Crippen LogP contribution in [0.5, 0.6) is 0 Å². The number of rotatable bonds is 5. The molecule has 21 heavy (non-hydrogen) atoms. The second kappa shape index (κ2) is 7.77. The Kier molecular flexibility index (Phi) is 6.02. The Morgan fingerprint density at radius 2 is 2.10 bits per heavy atom. The van der Waals surface area contributed by atoms with Gasteiger partial charge in [-0.05, 0) is 52.3 Å². The molecule has 1 aromatic carbocycles. The van der Waals surface area contributed by atoms with E-state index in [-0.39, 0.29) is 0 Å². The zero-order chi connectivity index (χ0) is 15.2. The maximum Gasteiger partial charge on any atom is 0.172 e. The van der Waals surface area contributed by atoms with Crippen LogP contribution in [0.3, 0.4) is 0 Å². The average Bonchev–Trinajstić information content (AvgIpc) is 2.79. The first-order valence-electron chi connectivity index (χ1n) is 6.60. The molecule has 7 heteroatoms. The molecule has 0 spiro atoms. The highest BCUT2D eigenvalue weighted by molar-refractivity contribution is 9.10. The van der Waals surface area contributed by atoms with E-state index < -0.39 is 0 Å². The molecule has 0 radical (unpaired) electrons. The maximum absolute atomic E-state index is 5.88. The first kappa shape index (κ1) is 16.3. The van der Waals surface area contributed by atoms with Crippen molar-refractivity contribution in [3.05, 3.63) is 45.5 Å². The summed E-state index contributed by atoms with van der Waals surface area (Å²) < 4.78 is 2.72. The van der Waals surface area contributed by atoms with Crippen LogP contribution in [0.2, 0.25) is 5.02 Å². The number of halogens is 2. The Balaban J connectivity index is 2.01. The molecule has 0 aliphatic carbocycles. The maximum atomic E-state index is 5.88. The summed E-state index contributed by atoms with van der Waals surface area (Å²) in [6.45, 7) is 3.61. The predicted octanol–water partition coefficient (Wildman–Crippen LogP) is 4.04. The quantitative estimate of drug-likeness (QED) is 0.760. The van der Waals surface area contributed by atoms with Crippen molar-refractivity contribution < 1.29 is 0 Å². The van der Waals surface area contributed by atoms with Gasteiger partial charge in [0.05, 0.1) is 11.0 Å². The molecule has 2 rings (SSSR count). The second-order valence-electron chi connectivity index (χ2n) is 4.53. The summed E-state index contributed by atoms with van der Waals surface area (Å²) in [5.41, 5.74) is 1.13. The van der Waals surface area contributed by atoms with Gasteiger partial charge < -0.3 is 10.6 Å². The summed E-state index contributed by atoms with van der Waals surface area (Å²) in [5, 5.41) is 12.0. The van der Waals surface area contributed by atoms with Crippen molar-refractivity contribution in [1.82, 2.24) is 15.1 Å². The van der Waals surface area contributed by atoms with E-state index in [1.165, 1.54) is 0 Å². The van der Waals surface area contributed by atoms with Crippen LogP contribution >= 0.6 is 39.7 Å². The number of hydrogen-bond donors (Lipinski definition) is 2. The van der Waals surface area contributed by atoms with Gasteiger partial charge in [-0.25, -0.2) is 0 Å². The van der Waals surface area contributed by atoms with Crippen LogP contribution < -0.4 is 10.6 Å². The fourth-order valence-electron chi connectivity index (χ4n) is 1.73. The Morgan fingerprint density at radius 3 is 2.76 bits per heavy atom. The normalized spacial score (nSPS) is 10.4. The van der Waals surface area contributed by atoms with Gasteiger partial charge >= 0.3 is 0 Å². The van der Waals surface area contributed by atoms with Crippen molar-refractivity contribution in [2.45, 2.75) is 19.9 Å². The Hall–Kier alpha value is -1.11. The molecule has 112 valence electrons. The Bertz CT molecular complexity index is 612. The third-order valence-corrected chi connectivity index (χ3v) is 3.82. The van der Waals surface area contributed by atoms with Gasteiger partial charge in [-0.1, -0.05) is 30.7 Å². The summed E-state index contributed by atoms with van der Waals surface area (Å²) in [4.78, 5) is 0. The summed E-state index contributed by atoms with van der Waals surface area (Å²) in [6, 6.07) is 7.72. The molecule has 0 aliphatic rings. The van der Waals surface area contributed by atoms with Crippen molar-refractivity contribution in [1.29, 1.82) is 0 Å². The van der Waals surface area contributed by atoms with Gasteiger partial charge in [0.25, 0.3) is 0 Å². The molecule has 4 nitrogen and oxygen atoms in total. The van der Waals surface area contributed by atoms with E-state index in [1.807, 2.05) is 35.1 Å². The topological polar surface area (TPSA) is 41.9 Å². The monoisotopic (exact) mass is 386 g/mol. The zero-order valence-corrected chi connectivity index (χ0v) is 14.7. The van der Waals surface area contributed by atoms with E-state index >= 15 is 0 Å². The second-order valence-corrected chi connectivity index (χ2v) is 6.23. The van der Waals surface area contributed by atoms with E-state index in [0.29, 0.717) is 17.5 Å². The molecule has 0 unspecified atom stereocenters. The first-order valence-corrected chi connectivity index (χ1v) is 8.18. The number of thiocarbonyl (C=S) groups is 1. The molecule has 1 aromatic heterocycles. The minimum Gasteiger partial charge on any atom is -0.362 e. The highest BCUT2D eigenvalue weighted by Gasteiger charge is 2.08. The van der Waals surface area contributed by atoms with Crippen molar-refractivity contribution in [3.63, 3.8) is 0 Å². The van der Waals surface area contributed by atoms with Gasteiger partial charge in [0.2, 0.25) is 0 Å². The molecule has 0 aliphatic heterocycles. The number of aromatic nitrogens is 2. The molecule has 0 atom stereocenters. The molecule has 0 saturated heterocycles. The van der Waals surface area contributed by atoms with Crippen LogP contribution in [-0.2, 0) is 6.54 Å². The van der Waals surface area contributed by atoms with Crippen LogP contribution in [0.15, 0.2) is 34.9 Å². The molecule has 2 N–H and O–H groups in total. The third-order valence-electron chi connectivity index (χ3n) is 2.74. The molecule has 0 saturated carbocycles. The third kappa shape index (κ3) is 4.98. The van der Waals surface area contributed by atoms with Crippen LogP contribution in [0.1, 0.15) is 18.9 Å². The molecule has 0 bridgehead atoms. The molecular formula is C14H16BrClN4S. The number of nitrogens with one attached hydrogen (secondary N) is 2. The van der Waals surface area contributed by atoms with Crippen molar-refractivity contribution >= 4 is 50.7 Å². The summed E-state index contributed by atoms with van der Waals surface area (Å²) in [5.74, 6) is 0.706. The Morgan fingerprint density at radius 1 is 1.38 bits per heavy atom. The lowest BCUT2D eigenvalue weighted by Crippen LogP contribution is -2.29. The largest absolute Gasteiger partial charge is 0.362 e. The van der Waals surface area contributed by atoms with E-state index in [0.717, 1.165) is 28.0 Å². The summed E-state index contributed by atoms with van der Waals surface area (Å²) in [7, 11) is 0. The zero-order valence-electron chi connectivity index (χ0n) is 11.6. The van der Waals surface area contributed by atoms with Crippen LogP contribution in [0, 0.1) is 0 Å². The van der Waals surface area contributed by atoms with Gasteiger partial charge in [-0.2, -0.15) is 5.10 Å². The highest BCUT2D eigenvalue weighted by atomic mass is 79.9. The minimum absolute atomic E-state index is 0.578. The van der Waals surface area contributed by atoms with Crippen molar-refractivity contribution in [2.75, 3.05) is 11.9 Å². The van der Waals surface area contributed by atoms with Gasteiger partial charge in [-0.15, -0.1) is 0 Å². The molecule has 1 heterocycles. The molecule has 2 aromatic rings. The van der Waals surface area contributed by atoms with Gasteiger partial charge in [0.1, 0.15) is 0 Å². The van der Waals surface area contributed by atoms with Crippen molar-refractivity contribution in [3.8, 4) is 0 Å². The highest BCUT2D eigenvalue weighted by Crippen LogP contribution is 2.21. The van der Waals surface area contributed by atoms with Crippen LogP contribution in [-0.4, -0.2) is 21.4 Å². The number of benzene rings is 1. The molecule has 0 amide bonds. The smallest absolute Gasteiger partial charge is 0.172 e. The fourth-order valence-corrected chi connectivity index (χ4v) is 2.47.